The van der Waals surface area contributed by atoms with Crippen molar-refractivity contribution in [2.45, 2.75) is 29.9 Å². The minimum Gasteiger partial charge on any atom is -0.337 e. The van der Waals surface area contributed by atoms with Gasteiger partial charge in [0.15, 0.2) is 9.84 Å². The summed E-state index contributed by atoms with van der Waals surface area (Å²) in [5.41, 5.74) is 0. The van der Waals surface area contributed by atoms with Gasteiger partial charge in [0.25, 0.3) is 5.91 Å². The minimum absolute atomic E-state index is 0.0320. The maximum Gasteiger partial charge on any atom is 0.264 e. The number of rotatable bonds is 4. The highest BCUT2D eigenvalue weighted by molar-refractivity contribution is 7.92. The number of nitrogens with zero attached hydrogens (tertiary/aromatic N) is 2. The van der Waals surface area contributed by atoms with Crippen molar-refractivity contribution < 1.29 is 13.2 Å². The van der Waals surface area contributed by atoms with Crippen LogP contribution in [0, 0.1) is 5.92 Å². The van der Waals surface area contributed by atoms with Crippen LogP contribution in [-0.2, 0) is 9.84 Å². The van der Waals surface area contributed by atoms with Crippen LogP contribution < -0.4 is 0 Å². The SMILES string of the molecule is CS(=O)(=O)c1ccc(C(=O)N2CCCN(CC3CCC3)CC2)s1. The lowest BCUT2D eigenvalue weighted by Gasteiger charge is -2.31. The first-order valence-electron chi connectivity index (χ1n) is 8.25. The van der Waals surface area contributed by atoms with E-state index in [4.69, 9.17) is 0 Å². The summed E-state index contributed by atoms with van der Waals surface area (Å²) in [7, 11) is -3.23. The van der Waals surface area contributed by atoms with Gasteiger partial charge in [0, 0.05) is 32.4 Å². The van der Waals surface area contributed by atoms with Gasteiger partial charge in [0.2, 0.25) is 0 Å². The molecule has 0 N–H and O–H groups in total. The quantitative estimate of drug-likeness (QED) is 0.829. The fourth-order valence-corrected chi connectivity index (χ4v) is 5.08. The van der Waals surface area contributed by atoms with E-state index in [9.17, 15) is 13.2 Å². The Morgan fingerprint density at radius 2 is 1.96 bits per heavy atom. The van der Waals surface area contributed by atoms with Crippen molar-refractivity contribution in [1.29, 1.82) is 0 Å². The second-order valence-electron chi connectivity index (χ2n) is 6.63. The average molecular weight is 357 g/mol. The molecule has 2 heterocycles. The molecule has 1 saturated heterocycles. The lowest BCUT2D eigenvalue weighted by atomic mass is 9.85. The van der Waals surface area contributed by atoms with Gasteiger partial charge in [-0.15, -0.1) is 11.3 Å². The fourth-order valence-electron chi connectivity index (χ4n) is 3.19. The monoisotopic (exact) mass is 356 g/mol. The maximum absolute atomic E-state index is 12.6. The maximum atomic E-state index is 12.6. The fraction of sp³-hybridized carbons (Fsp3) is 0.688. The molecule has 0 unspecified atom stereocenters. The Balaban J connectivity index is 1.60. The van der Waals surface area contributed by atoms with Gasteiger partial charge >= 0.3 is 0 Å². The van der Waals surface area contributed by atoms with E-state index in [0.717, 1.165) is 49.9 Å². The van der Waals surface area contributed by atoms with Crippen molar-refractivity contribution in [2.75, 3.05) is 39.0 Å². The molecule has 3 rings (SSSR count). The molecule has 1 amide bonds. The summed E-state index contributed by atoms with van der Waals surface area (Å²) in [6.07, 6.45) is 6.23. The molecule has 2 fully saturated rings. The first kappa shape index (κ1) is 16.9. The molecular formula is C16H24N2O3S2. The molecule has 2 aliphatic rings. The highest BCUT2D eigenvalue weighted by Crippen LogP contribution is 2.27. The molecule has 7 heteroatoms. The molecule has 0 atom stereocenters. The molecule has 0 radical (unpaired) electrons. The van der Waals surface area contributed by atoms with E-state index in [2.05, 4.69) is 4.90 Å². The summed E-state index contributed by atoms with van der Waals surface area (Å²) < 4.78 is 23.4. The van der Waals surface area contributed by atoms with Gasteiger partial charge in [0.1, 0.15) is 4.21 Å². The van der Waals surface area contributed by atoms with Gasteiger partial charge in [-0.1, -0.05) is 6.42 Å². The van der Waals surface area contributed by atoms with Gasteiger partial charge in [-0.25, -0.2) is 8.42 Å². The van der Waals surface area contributed by atoms with E-state index >= 15 is 0 Å². The van der Waals surface area contributed by atoms with Crippen molar-refractivity contribution in [1.82, 2.24) is 9.80 Å². The van der Waals surface area contributed by atoms with Crippen LogP contribution >= 0.6 is 11.3 Å². The van der Waals surface area contributed by atoms with Crippen LogP contribution in [0.5, 0.6) is 0 Å². The van der Waals surface area contributed by atoms with Crippen molar-refractivity contribution in [3.8, 4) is 0 Å². The number of sulfone groups is 1. The number of thiophene rings is 1. The van der Waals surface area contributed by atoms with Crippen molar-refractivity contribution in [3.05, 3.63) is 17.0 Å². The first-order chi connectivity index (χ1) is 10.9. The Labute approximate surface area is 142 Å². The predicted molar refractivity (Wildman–Crippen MR) is 91.7 cm³/mol. The lowest BCUT2D eigenvalue weighted by Crippen LogP contribution is -2.37. The molecule has 1 saturated carbocycles. The van der Waals surface area contributed by atoms with E-state index < -0.39 is 9.84 Å². The molecule has 0 aromatic carbocycles. The molecule has 1 aliphatic heterocycles. The number of hydrogen-bond donors (Lipinski definition) is 0. The summed E-state index contributed by atoms with van der Waals surface area (Å²) in [4.78, 5) is 17.5. The summed E-state index contributed by atoms with van der Waals surface area (Å²) in [5.74, 6) is 0.822. The smallest absolute Gasteiger partial charge is 0.264 e. The van der Waals surface area contributed by atoms with E-state index in [-0.39, 0.29) is 10.1 Å². The number of carbonyl (C=O) groups is 1. The van der Waals surface area contributed by atoms with E-state index in [1.807, 2.05) is 4.90 Å². The summed E-state index contributed by atoms with van der Waals surface area (Å²) >= 11 is 1.08. The van der Waals surface area contributed by atoms with E-state index in [0.29, 0.717) is 4.88 Å². The van der Waals surface area contributed by atoms with Crippen LogP contribution in [0.1, 0.15) is 35.4 Å². The zero-order valence-corrected chi connectivity index (χ0v) is 15.2. The van der Waals surface area contributed by atoms with Crippen LogP contribution in [0.3, 0.4) is 0 Å². The third kappa shape index (κ3) is 4.14. The van der Waals surface area contributed by atoms with Crippen molar-refractivity contribution >= 4 is 27.1 Å². The Hall–Kier alpha value is -0.920. The summed E-state index contributed by atoms with van der Waals surface area (Å²) in [6.45, 7) is 4.63. The van der Waals surface area contributed by atoms with Gasteiger partial charge in [-0.2, -0.15) is 0 Å². The largest absolute Gasteiger partial charge is 0.337 e. The third-order valence-corrected chi connectivity index (χ3v) is 7.67. The highest BCUT2D eigenvalue weighted by atomic mass is 32.2. The van der Waals surface area contributed by atoms with Crippen LogP contribution in [0.15, 0.2) is 16.3 Å². The Bertz CT molecular complexity index is 665. The number of amides is 1. The normalized spacial score (nSPS) is 21.0. The lowest BCUT2D eigenvalue weighted by molar-refractivity contribution is 0.0764. The van der Waals surface area contributed by atoms with E-state index in [1.165, 1.54) is 38.1 Å². The Morgan fingerprint density at radius 1 is 1.17 bits per heavy atom. The molecule has 1 aromatic heterocycles. The zero-order valence-electron chi connectivity index (χ0n) is 13.5. The van der Waals surface area contributed by atoms with Crippen molar-refractivity contribution in [3.63, 3.8) is 0 Å². The highest BCUT2D eigenvalue weighted by Gasteiger charge is 2.25. The topological polar surface area (TPSA) is 57.7 Å². The minimum atomic E-state index is -3.23. The van der Waals surface area contributed by atoms with Crippen LogP contribution in [0.4, 0.5) is 0 Å². The summed E-state index contributed by atoms with van der Waals surface area (Å²) in [6, 6.07) is 3.17. The van der Waals surface area contributed by atoms with Crippen LogP contribution in [0.25, 0.3) is 0 Å². The first-order valence-corrected chi connectivity index (χ1v) is 11.0. The molecule has 1 aromatic rings. The van der Waals surface area contributed by atoms with Gasteiger partial charge in [-0.05, 0) is 43.9 Å². The van der Waals surface area contributed by atoms with Crippen LogP contribution in [0.2, 0.25) is 0 Å². The number of carbonyl (C=O) groups excluding carboxylic acids is 1. The molecule has 5 nitrogen and oxygen atoms in total. The summed E-state index contributed by atoms with van der Waals surface area (Å²) in [5, 5.41) is 0. The standard InChI is InChI=1S/C16H24N2O3S2/c1-23(20,21)15-7-6-14(22-15)16(19)18-9-3-8-17(10-11-18)12-13-4-2-5-13/h6-7,13H,2-5,8-12H2,1H3. The molecule has 0 spiro atoms. The Morgan fingerprint density at radius 3 is 2.57 bits per heavy atom. The van der Waals surface area contributed by atoms with Crippen molar-refractivity contribution in [2.24, 2.45) is 5.92 Å². The molecule has 0 bridgehead atoms. The average Bonchev–Trinajstić information content (AvgIpc) is 2.83. The second-order valence-corrected chi connectivity index (χ2v) is 9.96. The molecule has 1 aliphatic carbocycles. The molecule has 23 heavy (non-hydrogen) atoms. The second kappa shape index (κ2) is 6.91. The predicted octanol–water partition coefficient (Wildman–Crippen LogP) is 2.10. The van der Waals surface area contributed by atoms with Gasteiger partial charge in [-0.3, -0.25) is 4.79 Å². The molecular weight excluding hydrogens is 332 g/mol. The van der Waals surface area contributed by atoms with Gasteiger partial charge in [0.05, 0.1) is 4.88 Å². The zero-order chi connectivity index (χ0) is 16.4. The Kier molecular flexibility index (Phi) is 5.08. The van der Waals surface area contributed by atoms with E-state index in [1.54, 1.807) is 6.07 Å². The van der Waals surface area contributed by atoms with Crippen LogP contribution in [-0.4, -0.2) is 63.1 Å². The number of hydrogen-bond acceptors (Lipinski definition) is 5. The molecule has 128 valence electrons. The third-order valence-electron chi connectivity index (χ3n) is 4.77. The van der Waals surface area contributed by atoms with Gasteiger partial charge < -0.3 is 9.80 Å².